The molecule has 23 heavy (non-hydrogen) atoms. The third-order valence-electron chi connectivity index (χ3n) is 4.99. The number of rotatable bonds is 5. The largest absolute Gasteiger partial charge is 0.381 e. The number of carbonyl (C=O) groups excluding carboxylic acids is 1. The van der Waals surface area contributed by atoms with Crippen LogP contribution in [0.15, 0.2) is 24.3 Å². The predicted molar refractivity (Wildman–Crippen MR) is 78.7 cm³/mol. The van der Waals surface area contributed by atoms with Crippen LogP contribution in [-0.2, 0) is 14.9 Å². The highest BCUT2D eigenvalue weighted by Crippen LogP contribution is 2.43. The molecule has 1 aliphatic heterocycles. The maximum atomic E-state index is 13.6. The van der Waals surface area contributed by atoms with Gasteiger partial charge in [0.15, 0.2) is 0 Å². The Kier molecular flexibility index (Phi) is 4.62. The number of nitrogens with one attached hydrogen (secondary N) is 1. The van der Waals surface area contributed by atoms with E-state index in [0.29, 0.717) is 32.6 Å². The molecule has 1 heterocycles. The molecule has 2 atom stereocenters. The standard InChI is InChI=1S/C17H20F3NO2/c18-12-3-1-2-11(8-12)17(4-6-23-7-5-17)10-21-16(22)14-9-13(14)15(19)20/h1-3,8,13-15H,4-7,9-10H2,(H,21,22)/t13-,14-/m0/s1. The third kappa shape index (κ3) is 3.52. The molecule has 3 rings (SSSR count). The van der Waals surface area contributed by atoms with E-state index in [-0.39, 0.29) is 18.1 Å². The first-order valence-corrected chi connectivity index (χ1v) is 7.91. The van der Waals surface area contributed by atoms with Crippen molar-refractivity contribution in [3.8, 4) is 0 Å². The zero-order valence-corrected chi connectivity index (χ0v) is 12.7. The quantitative estimate of drug-likeness (QED) is 0.903. The predicted octanol–water partition coefficient (Wildman–Crippen LogP) is 2.89. The highest BCUT2D eigenvalue weighted by atomic mass is 19.3. The normalized spacial score (nSPS) is 26.1. The van der Waals surface area contributed by atoms with Crippen molar-refractivity contribution < 1.29 is 22.7 Å². The lowest BCUT2D eigenvalue weighted by Crippen LogP contribution is -2.45. The number of carbonyl (C=O) groups is 1. The van der Waals surface area contributed by atoms with Crippen molar-refractivity contribution in [3.63, 3.8) is 0 Å². The summed E-state index contributed by atoms with van der Waals surface area (Å²) in [7, 11) is 0. The first-order valence-electron chi connectivity index (χ1n) is 7.91. The van der Waals surface area contributed by atoms with Crippen molar-refractivity contribution in [2.45, 2.75) is 31.1 Å². The third-order valence-corrected chi connectivity index (χ3v) is 4.99. The van der Waals surface area contributed by atoms with Crippen LogP contribution in [0.4, 0.5) is 13.2 Å². The summed E-state index contributed by atoms with van der Waals surface area (Å²) in [6.07, 6.45) is -0.857. The van der Waals surface area contributed by atoms with Gasteiger partial charge in [-0.15, -0.1) is 0 Å². The Morgan fingerprint density at radius 2 is 2.09 bits per heavy atom. The van der Waals surface area contributed by atoms with Gasteiger partial charge in [-0.1, -0.05) is 12.1 Å². The molecule has 0 bridgehead atoms. The van der Waals surface area contributed by atoms with Crippen molar-refractivity contribution in [2.75, 3.05) is 19.8 Å². The molecule has 0 unspecified atom stereocenters. The molecule has 1 saturated carbocycles. The van der Waals surface area contributed by atoms with Gasteiger partial charge >= 0.3 is 0 Å². The van der Waals surface area contributed by atoms with Gasteiger partial charge in [0, 0.05) is 37.0 Å². The van der Waals surface area contributed by atoms with Gasteiger partial charge in [0.2, 0.25) is 12.3 Å². The molecule has 3 nitrogen and oxygen atoms in total. The zero-order valence-electron chi connectivity index (χ0n) is 12.7. The number of benzene rings is 1. The van der Waals surface area contributed by atoms with Crippen LogP contribution in [0.25, 0.3) is 0 Å². The molecule has 0 spiro atoms. The van der Waals surface area contributed by atoms with Gasteiger partial charge in [0.1, 0.15) is 5.82 Å². The van der Waals surface area contributed by atoms with Crippen LogP contribution in [0.5, 0.6) is 0 Å². The molecule has 0 radical (unpaired) electrons. The maximum Gasteiger partial charge on any atom is 0.242 e. The minimum absolute atomic E-state index is 0.250. The summed E-state index contributed by atoms with van der Waals surface area (Å²) in [6.45, 7) is 1.40. The number of amides is 1. The Morgan fingerprint density at radius 1 is 1.35 bits per heavy atom. The maximum absolute atomic E-state index is 13.6. The SMILES string of the molecule is O=C(NCC1(c2cccc(F)c2)CCOCC1)[C@H]1C[C@@H]1C(F)F. The molecule has 1 aliphatic carbocycles. The van der Waals surface area contributed by atoms with E-state index in [0.717, 1.165) is 5.56 Å². The fourth-order valence-electron chi connectivity index (χ4n) is 3.33. The van der Waals surface area contributed by atoms with Crippen LogP contribution in [0.2, 0.25) is 0 Å². The van der Waals surface area contributed by atoms with E-state index in [1.807, 2.05) is 6.07 Å². The molecule has 2 fully saturated rings. The number of alkyl halides is 2. The molecule has 1 amide bonds. The second-order valence-corrected chi connectivity index (χ2v) is 6.46. The van der Waals surface area contributed by atoms with Gasteiger partial charge in [-0.2, -0.15) is 0 Å². The molecule has 126 valence electrons. The average molecular weight is 327 g/mol. The van der Waals surface area contributed by atoms with Crippen LogP contribution in [0, 0.1) is 17.7 Å². The van der Waals surface area contributed by atoms with Crippen LogP contribution < -0.4 is 5.32 Å². The highest BCUT2D eigenvalue weighted by molar-refractivity contribution is 5.81. The molecule has 1 aromatic carbocycles. The number of hydrogen-bond donors (Lipinski definition) is 1. The minimum Gasteiger partial charge on any atom is -0.381 e. The van der Waals surface area contributed by atoms with Gasteiger partial charge in [-0.3, -0.25) is 4.79 Å². The van der Waals surface area contributed by atoms with E-state index < -0.39 is 23.7 Å². The smallest absolute Gasteiger partial charge is 0.242 e. The fraction of sp³-hybridized carbons (Fsp3) is 0.588. The van der Waals surface area contributed by atoms with Crippen LogP contribution in [-0.4, -0.2) is 32.1 Å². The van der Waals surface area contributed by atoms with Gasteiger partial charge in [-0.05, 0) is 37.0 Å². The lowest BCUT2D eigenvalue weighted by Gasteiger charge is -2.38. The van der Waals surface area contributed by atoms with Crippen LogP contribution in [0.1, 0.15) is 24.8 Å². The van der Waals surface area contributed by atoms with E-state index in [1.54, 1.807) is 6.07 Å². The summed E-state index contributed by atoms with van der Waals surface area (Å²) in [4.78, 5) is 12.1. The van der Waals surface area contributed by atoms with Crippen LogP contribution in [0.3, 0.4) is 0 Å². The highest BCUT2D eigenvalue weighted by Gasteiger charge is 2.49. The van der Waals surface area contributed by atoms with E-state index in [1.165, 1.54) is 12.1 Å². The summed E-state index contributed by atoms with van der Waals surface area (Å²) in [5, 5.41) is 2.81. The lowest BCUT2D eigenvalue weighted by atomic mass is 9.74. The summed E-state index contributed by atoms with van der Waals surface area (Å²) in [5.41, 5.74) is 0.424. The molecule has 2 aliphatic rings. The zero-order chi connectivity index (χ0) is 16.4. The molecule has 1 aromatic rings. The van der Waals surface area contributed by atoms with E-state index in [4.69, 9.17) is 4.74 Å². The van der Waals surface area contributed by atoms with E-state index in [2.05, 4.69) is 5.32 Å². The Morgan fingerprint density at radius 3 is 2.70 bits per heavy atom. The van der Waals surface area contributed by atoms with E-state index >= 15 is 0 Å². The lowest BCUT2D eigenvalue weighted by molar-refractivity contribution is -0.123. The topological polar surface area (TPSA) is 38.3 Å². The van der Waals surface area contributed by atoms with Crippen molar-refractivity contribution >= 4 is 5.91 Å². The molecule has 6 heteroatoms. The summed E-state index contributed by atoms with van der Waals surface area (Å²) in [5.74, 6) is -2.04. The second kappa shape index (κ2) is 6.51. The molecule has 1 saturated heterocycles. The van der Waals surface area contributed by atoms with Crippen LogP contribution >= 0.6 is 0 Å². The monoisotopic (exact) mass is 327 g/mol. The Balaban J connectivity index is 1.69. The number of hydrogen-bond acceptors (Lipinski definition) is 2. The summed E-state index contributed by atoms with van der Waals surface area (Å²) >= 11 is 0. The van der Waals surface area contributed by atoms with Gasteiger partial charge in [0.05, 0.1) is 0 Å². The molecule has 0 aromatic heterocycles. The number of ether oxygens (including phenoxy) is 1. The molecule has 1 N–H and O–H groups in total. The second-order valence-electron chi connectivity index (χ2n) is 6.46. The first kappa shape index (κ1) is 16.3. The van der Waals surface area contributed by atoms with Crippen molar-refractivity contribution in [3.05, 3.63) is 35.6 Å². The van der Waals surface area contributed by atoms with Gasteiger partial charge in [-0.25, -0.2) is 13.2 Å². The van der Waals surface area contributed by atoms with Gasteiger partial charge < -0.3 is 10.1 Å². The Labute approximate surface area is 133 Å². The molecular formula is C17H20F3NO2. The summed E-state index contributed by atoms with van der Waals surface area (Å²) < 4.78 is 44.1. The first-order chi connectivity index (χ1) is 11.0. The average Bonchev–Trinajstić information content (AvgIpc) is 3.34. The van der Waals surface area contributed by atoms with Crippen molar-refractivity contribution in [2.24, 2.45) is 11.8 Å². The molecular weight excluding hydrogens is 307 g/mol. The van der Waals surface area contributed by atoms with Crippen molar-refractivity contribution in [1.29, 1.82) is 0 Å². The Hall–Kier alpha value is -1.56. The Bertz CT molecular complexity index is 573. The minimum atomic E-state index is -2.44. The fourth-order valence-corrected chi connectivity index (χ4v) is 3.33. The van der Waals surface area contributed by atoms with E-state index in [9.17, 15) is 18.0 Å². The number of halogens is 3. The van der Waals surface area contributed by atoms with Gasteiger partial charge in [0.25, 0.3) is 0 Å². The van der Waals surface area contributed by atoms with Crippen molar-refractivity contribution in [1.82, 2.24) is 5.32 Å². The summed E-state index contributed by atoms with van der Waals surface area (Å²) in [6, 6.07) is 6.36.